The number of nitrogens with one attached hydrogen (secondary N) is 3. The van der Waals surface area contributed by atoms with Crippen LogP contribution in [0.25, 0.3) is 42.9 Å². The molecule has 0 radical (unpaired) electrons. The highest BCUT2D eigenvalue weighted by atomic mass is 79.9. The molecule has 1 saturated heterocycles. The number of fused-ring (bicyclic) bond motifs is 2. The van der Waals surface area contributed by atoms with E-state index < -0.39 is 46.8 Å². The molecule has 92 heavy (non-hydrogen) atoms. The van der Waals surface area contributed by atoms with Crippen LogP contribution in [-0.4, -0.2) is 146 Å². The number of ether oxygens (including phenoxy) is 5. The standard InChI is InChI=1S/C29H36N8O5S.C26H28BrN7O5S.C4H8O.C3H9N/c1-17(2)31-16-23(38)33-20-11-19(13-30-15-20)24-34-35-25(43-24)36(26(39)41-28(3,4)5)21-9-10-22-18(12-21)14-32-37(22)27(40)42-29(6,7)8;1-25(2,3)38-23(36)33(18-7-8-19-15(10-18)13-29-34(19)24(37)39-26(4,5)6)22-32-31-21(40-22)16-9-17(14-28-12-16)30-20(35)11-27;1-2-4-5-3-1;1-3(2)4/h9-15,17,31H,16H2,1-8H3,(H,33,38);7-10,12-14H,11H2,1-6H3,(H,30,35);1-4H2;3H,4H2,1-2H3. The van der Waals surface area contributed by atoms with Crippen LogP contribution in [0.15, 0.2) is 85.7 Å². The molecule has 1 fully saturated rings. The summed E-state index contributed by atoms with van der Waals surface area (Å²) in [6.07, 6.45) is 9.28. The van der Waals surface area contributed by atoms with Crippen LogP contribution in [-0.2, 0) is 33.3 Å². The van der Waals surface area contributed by atoms with Gasteiger partial charge in [-0.2, -0.15) is 19.6 Å². The number of hydrogen-bond acceptors (Lipinski definition) is 23. The summed E-state index contributed by atoms with van der Waals surface area (Å²) in [5.41, 5.74) is 6.27. The fourth-order valence-corrected chi connectivity index (χ4v) is 9.54. The number of anilines is 6. The van der Waals surface area contributed by atoms with E-state index in [9.17, 15) is 28.8 Å². The monoisotopic (exact) mass is 1370 g/mol. The molecule has 30 heteroatoms. The van der Waals surface area contributed by atoms with E-state index in [1.165, 1.54) is 50.6 Å². The first kappa shape index (κ1) is 72.6. The molecule has 0 unspecified atom stereocenters. The fourth-order valence-electron chi connectivity index (χ4n) is 7.73. The molecule has 2 aromatic carbocycles. The van der Waals surface area contributed by atoms with Crippen LogP contribution < -0.4 is 31.5 Å². The van der Waals surface area contributed by atoms with Crippen molar-refractivity contribution in [3.63, 3.8) is 0 Å². The molecule has 1 aliphatic rings. The second-order valence-corrected chi connectivity index (χ2v) is 27.7. The maximum Gasteiger partial charge on any atom is 0.435 e. The zero-order chi connectivity index (χ0) is 67.9. The maximum atomic E-state index is 13.5. The number of pyridine rings is 2. The molecule has 9 rings (SSSR count). The molecule has 0 spiro atoms. The molecule has 5 N–H and O–H groups in total. The predicted octanol–water partition coefficient (Wildman–Crippen LogP) is 13.0. The van der Waals surface area contributed by atoms with Gasteiger partial charge in [0.2, 0.25) is 22.1 Å². The largest absolute Gasteiger partial charge is 0.443 e. The molecule has 0 atom stereocenters. The van der Waals surface area contributed by atoms with Gasteiger partial charge >= 0.3 is 24.4 Å². The van der Waals surface area contributed by atoms with E-state index >= 15 is 0 Å². The molecule has 494 valence electrons. The third-order valence-electron chi connectivity index (χ3n) is 11.3. The molecule has 0 saturated carbocycles. The lowest BCUT2D eigenvalue weighted by atomic mass is 10.2. The molecular weight excluding hydrogens is 1290 g/mol. The third-order valence-corrected chi connectivity index (χ3v) is 13.7. The van der Waals surface area contributed by atoms with Crippen molar-refractivity contribution in [1.82, 2.24) is 55.2 Å². The topological polar surface area (TPSA) is 330 Å². The molecule has 4 amide bonds. The number of aromatic nitrogens is 10. The van der Waals surface area contributed by atoms with Crippen molar-refractivity contribution in [2.45, 2.75) is 158 Å². The minimum absolute atomic E-state index is 0.145. The minimum Gasteiger partial charge on any atom is -0.443 e. The second kappa shape index (κ2) is 31.7. The SMILES string of the molecule is C1CCOC1.CC(C)(C)OC(=O)N(c1ccc2c(cnn2C(=O)OC(C)(C)C)c1)c1nnc(-c2cncc(NC(=O)CBr)c2)s1.CC(C)N.CC(C)NCC(=O)Nc1cncc(-c2nnc(N(C(=O)OC(C)(C)C)c3ccc4c(cnn4C(=O)OC(C)(C)C)c3)s2)c1. The van der Waals surface area contributed by atoms with E-state index in [-0.39, 0.29) is 40.0 Å². The highest BCUT2D eigenvalue weighted by molar-refractivity contribution is 9.09. The normalized spacial score (nSPS) is 12.4. The average molecular weight is 1370 g/mol. The molecular formula is C62H81BrN16O11S2. The Morgan fingerprint density at radius 2 is 0.967 bits per heavy atom. The Hall–Kier alpha value is -8.42. The first-order valence-corrected chi connectivity index (χ1v) is 32.1. The molecule has 1 aliphatic heterocycles. The first-order chi connectivity index (χ1) is 43.1. The van der Waals surface area contributed by atoms with E-state index in [2.05, 4.69) is 72.4 Å². The number of carbonyl (C=O) groups is 6. The number of benzene rings is 2. The average Bonchev–Trinajstić information content (AvgIpc) is 1.73. The Kier molecular flexibility index (Phi) is 25.1. The number of halogens is 1. The summed E-state index contributed by atoms with van der Waals surface area (Å²) in [6.45, 7) is 31.2. The number of nitrogens with two attached hydrogens (primary N) is 1. The van der Waals surface area contributed by atoms with Crippen LogP contribution >= 0.6 is 38.6 Å². The summed E-state index contributed by atoms with van der Waals surface area (Å²) >= 11 is 5.41. The van der Waals surface area contributed by atoms with Gasteiger partial charge < -0.3 is 45.4 Å². The summed E-state index contributed by atoms with van der Waals surface area (Å²) in [5.74, 6) is -0.425. The van der Waals surface area contributed by atoms with Gasteiger partial charge in [0.05, 0.1) is 70.4 Å². The predicted molar refractivity (Wildman–Crippen MR) is 359 cm³/mol. The van der Waals surface area contributed by atoms with Gasteiger partial charge in [0, 0.05) is 53.5 Å². The quantitative estimate of drug-likeness (QED) is 0.0652. The highest BCUT2D eigenvalue weighted by Crippen LogP contribution is 2.38. The van der Waals surface area contributed by atoms with Gasteiger partial charge in [-0.05, 0) is 150 Å². The molecule has 0 aliphatic carbocycles. The van der Waals surface area contributed by atoms with Crippen LogP contribution in [0.4, 0.5) is 52.2 Å². The molecule has 0 bridgehead atoms. The Morgan fingerprint density at radius 3 is 1.32 bits per heavy atom. The lowest BCUT2D eigenvalue weighted by molar-refractivity contribution is -0.115. The van der Waals surface area contributed by atoms with Crippen LogP contribution in [0.2, 0.25) is 0 Å². The number of alkyl halides is 1. The number of rotatable bonds is 12. The second-order valence-electron chi connectivity index (χ2n) is 25.2. The number of nitrogens with zero attached hydrogens (tertiary/aromatic N) is 12. The van der Waals surface area contributed by atoms with E-state index in [1.807, 2.05) is 27.7 Å². The zero-order valence-electron chi connectivity index (χ0n) is 54.6. The lowest BCUT2D eigenvalue weighted by Gasteiger charge is -2.25. The molecule has 6 aromatic heterocycles. The van der Waals surface area contributed by atoms with Crippen LogP contribution in [0.5, 0.6) is 0 Å². The van der Waals surface area contributed by atoms with Crippen LogP contribution in [0.1, 0.15) is 124 Å². The van der Waals surface area contributed by atoms with Crippen LogP contribution in [0.3, 0.4) is 0 Å². The Morgan fingerprint density at radius 1 is 0.576 bits per heavy atom. The van der Waals surface area contributed by atoms with Crippen LogP contribution in [0, 0.1) is 0 Å². The van der Waals surface area contributed by atoms with Gasteiger partial charge in [-0.1, -0.05) is 66.3 Å². The summed E-state index contributed by atoms with van der Waals surface area (Å²) in [6, 6.07) is 14.0. The van der Waals surface area contributed by atoms with Crippen molar-refractivity contribution in [1.29, 1.82) is 0 Å². The number of hydrogen-bond donors (Lipinski definition) is 4. The van der Waals surface area contributed by atoms with E-state index in [0.717, 1.165) is 35.9 Å². The van der Waals surface area contributed by atoms with Crippen molar-refractivity contribution < 1.29 is 52.5 Å². The zero-order valence-corrected chi connectivity index (χ0v) is 57.8. The van der Waals surface area contributed by atoms with Crippen molar-refractivity contribution in [3.8, 4) is 21.1 Å². The van der Waals surface area contributed by atoms with E-state index in [4.69, 9.17) is 29.4 Å². The Labute approximate surface area is 550 Å². The number of amides is 4. The minimum atomic E-state index is -0.782. The molecule has 7 heterocycles. The van der Waals surface area contributed by atoms with Gasteiger partial charge in [-0.15, -0.1) is 20.4 Å². The molecule has 27 nitrogen and oxygen atoms in total. The van der Waals surface area contributed by atoms with Crippen molar-refractivity contribution in [2.24, 2.45) is 5.73 Å². The van der Waals surface area contributed by atoms with Crippen molar-refractivity contribution in [3.05, 3.63) is 85.7 Å². The Balaban J connectivity index is 0.000000257. The fraction of sp³-hybridized carbons (Fsp3) is 0.452. The maximum absolute atomic E-state index is 13.5. The third kappa shape index (κ3) is 22.5. The highest BCUT2D eigenvalue weighted by Gasteiger charge is 2.32. The van der Waals surface area contributed by atoms with Gasteiger partial charge in [-0.3, -0.25) is 19.6 Å². The lowest BCUT2D eigenvalue weighted by Crippen LogP contribution is -2.33. The first-order valence-electron chi connectivity index (χ1n) is 29.4. The summed E-state index contributed by atoms with van der Waals surface area (Å²) in [4.78, 5) is 87.2. The summed E-state index contributed by atoms with van der Waals surface area (Å²) < 4.78 is 29.6. The number of carbonyl (C=O) groups excluding carboxylic acids is 6. The molecule has 8 aromatic rings. The summed E-state index contributed by atoms with van der Waals surface area (Å²) in [5, 5.41) is 36.9. The van der Waals surface area contributed by atoms with Gasteiger partial charge in [-0.25, -0.2) is 29.0 Å². The van der Waals surface area contributed by atoms with E-state index in [0.29, 0.717) is 71.7 Å². The summed E-state index contributed by atoms with van der Waals surface area (Å²) in [7, 11) is 0. The smallest absolute Gasteiger partial charge is 0.435 e. The van der Waals surface area contributed by atoms with Gasteiger partial charge in [0.15, 0.2) is 10.0 Å². The van der Waals surface area contributed by atoms with E-state index in [1.54, 1.807) is 150 Å². The van der Waals surface area contributed by atoms with Crippen molar-refractivity contribution in [2.75, 3.05) is 45.5 Å². The van der Waals surface area contributed by atoms with Gasteiger partial charge in [0.25, 0.3) is 0 Å². The Bertz CT molecular complexity index is 3820. The van der Waals surface area contributed by atoms with Gasteiger partial charge in [0.1, 0.15) is 22.4 Å². The van der Waals surface area contributed by atoms with Crippen molar-refractivity contribution >= 4 is 130 Å².